The van der Waals surface area contributed by atoms with Crippen LogP contribution in [0.15, 0.2) is 23.2 Å². The molecule has 0 bridgehead atoms. The number of nitrogens with one attached hydrogen (secondary N) is 1. The van der Waals surface area contributed by atoms with E-state index in [-0.39, 0.29) is 0 Å². The minimum atomic E-state index is 0.569. The highest BCUT2D eigenvalue weighted by atomic mass is 16.5. The van der Waals surface area contributed by atoms with Crippen molar-refractivity contribution in [1.29, 1.82) is 0 Å². The lowest BCUT2D eigenvalue weighted by atomic mass is 10.3. The summed E-state index contributed by atoms with van der Waals surface area (Å²) in [5.41, 5.74) is 0.909. The van der Waals surface area contributed by atoms with Crippen LogP contribution in [0.2, 0.25) is 0 Å². The molecule has 80 valence electrons. The molecule has 15 heavy (non-hydrogen) atoms. The number of rotatable bonds is 5. The van der Waals surface area contributed by atoms with E-state index in [0.717, 1.165) is 24.5 Å². The minimum absolute atomic E-state index is 0.569. The van der Waals surface area contributed by atoms with Crippen LogP contribution in [0.5, 0.6) is 0 Å². The molecule has 2 heterocycles. The molecular formula is C9H13N5O. The first-order chi connectivity index (χ1) is 7.38. The summed E-state index contributed by atoms with van der Waals surface area (Å²) in [5.74, 6) is 0.786. The number of nitrogens with zero attached hydrogens (tertiary/aromatic N) is 4. The molecule has 0 aliphatic heterocycles. The maximum atomic E-state index is 5.16. The maximum Gasteiger partial charge on any atom is 0.158 e. The van der Waals surface area contributed by atoms with Crippen LogP contribution in [-0.2, 0) is 13.1 Å². The number of hydrogen-bond acceptors (Lipinski definition) is 5. The molecule has 0 aromatic carbocycles. The van der Waals surface area contributed by atoms with E-state index in [9.17, 15) is 0 Å². The Morgan fingerprint density at radius 1 is 1.53 bits per heavy atom. The molecule has 0 amide bonds. The molecule has 2 aromatic heterocycles. The summed E-state index contributed by atoms with van der Waals surface area (Å²) in [6, 6.07) is 1.92. The third kappa shape index (κ3) is 2.63. The van der Waals surface area contributed by atoms with Crippen LogP contribution in [0.3, 0.4) is 0 Å². The molecule has 0 aliphatic carbocycles. The Hall–Kier alpha value is -1.69. The van der Waals surface area contributed by atoms with E-state index in [1.165, 1.54) is 6.33 Å². The molecule has 6 nitrogen and oxygen atoms in total. The van der Waals surface area contributed by atoms with Crippen LogP contribution in [0.1, 0.15) is 18.4 Å². The van der Waals surface area contributed by atoms with Crippen molar-refractivity contribution in [2.75, 3.05) is 6.54 Å². The lowest BCUT2D eigenvalue weighted by Crippen LogP contribution is -2.11. The van der Waals surface area contributed by atoms with Crippen molar-refractivity contribution >= 4 is 0 Å². The second-order valence-corrected chi connectivity index (χ2v) is 3.16. The lowest BCUT2D eigenvalue weighted by molar-refractivity contribution is 0.364. The zero-order valence-corrected chi connectivity index (χ0v) is 8.55. The summed E-state index contributed by atoms with van der Waals surface area (Å²) in [6.07, 6.45) is 3.14. The van der Waals surface area contributed by atoms with Gasteiger partial charge in [0.1, 0.15) is 19.2 Å². The summed E-state index contributed by atoms with van der Waals surface area (Å²) in [6.45, 7) is 4.28. The standard InChI is InChI=1S/C9H13N5O/c1-2-10-4-8-3-9(15-13-8)5-14-7-11-6-12-14/h3,6-7,10H,2,4-5H2,1H3. The first kappa shape index (κ1) is 9.85. The second kappa shape index (κ2) is 4.70. The van der Waals surface area contributed by atoms with Gasteiger partial charge < -0.3 is 9.84 Å². The fourth-order valence-corrected chi connectivity index (χ4v) is 1.24. The van der Waals surface area contributed by atoms with Crippen LogP contribution in [0.4, 0.5) is 0 Å². The van der Waals surface area contributed by atoms with Gasteiger partial charge in [0.2, 0.25) is 0 Å². The minimum Gasteiger partial charge on any atom is -0.359 e. The summed E-state index contributed by atoms with van der Waals surface area (Å²) >= 11 is 0. The van der Waals surface area contributed by atoms with Crippen LogP contribution < -0.4 is 5.32 Å². The Kier molecular flexibility index (Phi) is 3.08. The average molecular weight is 207 g/mol. The van der Waals surface area contributed by atoms with Gasteiger partial charge in [-0.25, -0.2) is 9.67 Å². The first-order valence-electron chi connectivity index (χ1n) is 4.86. The van der Waals surface area contributed by atoms with Crippen molar-refractivity contribution in [2.45, 2.75) is 20.0 Å². The Morgan fingerprint density at radius 2 is 2.47 bits per heavy atom. The van der Waals surface area contributed by atoms with Gasteiger partial charge in [0.05, 0.1) is 5.69 Å². The molecule has 2 rings (SSSR count). The van der Waals surface area contributed by atoms with E-state index in [1.807, 2.05) is 6.07 Å². The SMILES string of the molecule is CCNCc1cc(Cn2cncn2)on1. The van der Waals surface area contributed by atoms with Gasteiger partial charge in [-0.1, -0.05) is 12.1 Å². The van der Waals surface area contributed by atoms with Crippen LogP contribution in [-0.4, -0.2) is 26.5 Å². The topological polar surface area (TPSA) is 68.8 Å². The van der Waals surface area contributed by atoms with Crippen molar-refractivity contribution < 1.29 is 4.52 Å². The smallest absolute Gasteiger partial charge is 0.158 e. The number of aromatic nitrogens is 4. The van der Waals surface area contributed by atoms with E-state index in [1.54, 1.807) is 11.0 Å². The molecule has 1 N–H and O–H groups in total. The van der Waals surface area contributed by atoms with Gasteiger partial charge in [0.25, 0.3) is 0 Å². The van der Waals surface area contributed by atoms with Crippen molar-refractivity contribution in [3.05, 3.63) is 30.2 Å². The highest BCUT2D eigenvalue weighted by Gasteiger charge is 2.04. The summed E-state index contributed by atoms with van der Waals surface area (Å²) in [5, 5.41) is 11.1. The Labute approximate surface area is 87.3 Å². The van der Waals surface area contributed by atoms with E-state index < -0.39 is 0 Å². The van der Waals surface area contributed by atoms with Gasteiger partial charge in [-0.05, 0) is 6.54 Å². The quantitative estimate of drug-likeness (QED) is 0.769. The van der Waals surface area contributed by atoms with Crippen LogP contribution >= 0.6 is 0 Å². The largest absolute Gasteiger partial charge is 0.359 e. The molecule has 0 saturated carbocycles. The monoisotopic (exact) mass is 207 g/mol. The van der Waals surface area contributed by atoms with Crippen molar-refractivity contribution in [3.8, 4) is 0 Å². The predicted molar refractivity (Wildman–Crippen MR) is 53.0 cm³/mol. The van der Waals surface area contributed by atoms with Crippen molar-refractivity contribution in [3.63, 3.8) is 0 Å². The molecule has 0 fully saturated rings. The van der Waals surface area contributed by atoms with E-state index in [0.29, 0.717) is 6.54 Å². The third-order valence-electron chi connectivity index (χ3n) is 1.95. The first-order valence-corrected chi connectivity index (χ1v) is 4.86. The van der Waals surface area contributed by atoms with Gasteiger partial charge in [0, 0.05) is 12.6 Å². The van der Waals surface area contributed by atoms with E-state index >= 15 is 0 Å². The molecular weight excluding hydrogens is 194 g/mol. The Balaban J connectivity index is 1.95. The Bertz CT molecular complexity index is 394. The molecule has 0 atom stereocenters. The van der Waals surface area contributed by atoms with Crippen LogP contribution in [0, 0.1) is 0 Å². The third-order valence-corrected chi connectivity index (χ3v) is 1.95. The molecule has 0 spiro atoms. The van der Waals surface area contributed by atoms with Gasteiger partial charge in [-0.15, -0.1) is 0 Å². The highest BCUT2D eigenvalue weighted by Crippen LogP contribution is 2.04. The highest BCUT2D eigenvalue weighted by molar-refractivity contribution is 5.05. The zero-order valence-electron chi connectivity index (χ0n) is 8.55. The van der Waals surface area contributed by atoms with Gasteiger partial charge in [0.15, 0.2) is 5.76 Å². The van der Waals surface area contributed by atoms with Crippen LogP contribution in [0.25, 0.3) is 0 Å². The fraction of sp³-hybridized carbons (Fsp3) is 0.444. The molecule has 0 unspecified atom stereocenters. The molecule has 2 aromatic rings. The van der Waals surface area contributed by atoms with Gasteiger partial charge >= 0.3 is 0 Å². The zero-order chi connectivity index (χ0) is 10.5. The van der Waals surface area contributed by atoms with E-state index in [4.69, 9.17) is 4.52 Å². The molecule has 6 heteroatoms. The summed E-state index contributed by atoms with van der Waals surface area (Å²) in [4.78, 5) is 3.85. The summed E-state index contributed by atoms with van der Waals surface area (Å²) < 4.78 is 6.85. The fourth-order valence-electron chi connectivity index (χ4n) is 1.24. The predicted octanol–water partition coefficient (Wildman–Crippen LogP) is 0.424. The molecule has 0 aliphatic rings. The number of hydrogen-bond donors (Lipinski definition) is 1. The van der Waals surface area contributed by atoms with Gasteiger partial charge in [-0.3, -0.25) is 0 Å². The lowest BCUT2D eigenvalue weighted by Gasteiger charge is -1.94. The molecule has 0 radical (unpaired) electrons. The Morgan fingerprint density at radius 3 is 3.20 bits per heavy atom. The van der Waals surface area contributed by atoms with Gasteiger partial charge in [-0.2, -0.15) is 5.10 Å². The van der Waals surface area contributed by atoms with E-state index in [2.05, 4.69) is 27.5 Å². The molecule has 0 saturated heterocycles. The van der Waals surface area contributed by atoms with Crippen molar-refractivity contribution in [1.82, 2.24) is 25.2 Å². The maximum absolute atomic E-state index is 5.16. The van der Waals surface area contributed by atoms with Crippen molar-refractivity contribution in [2.24, 2.45) is 0 Å². The summed E-state index contributed by atoms with van der Waals surface area (Å²) in [7, 11) is 0. The average Bonchev–Trinajstić information content (AvgIpc) is 2.87. The normalized spacial score (nSPS) is 10.7. The second-order valence-electron chi connectivity index (χ2n) is 3.16.